The highest BCUT2D eigenvalue weighted by atomic mass is 35.5. The van der Waals surface area contributed by atoms with Crippen molar-refractivity contribution in [3.05, 3.63) is 30.1 Å². The Kier molecular flexibility index (Phi) is 8.10. The number of amides is 2. The van der Waals surface area contributed by atoms with Crippen LogP contribution in [0.1, 0.15) is 12.8 Å². The topological polar surface area (TPSA) is 84.7 Å². The number of nitrogens with two attached hydrogens (primary N) is 1. The van der Waals surface area contributed by atoms with E-state index in [-0.39, 0.29) is 36.7 Å². The molecule has 0 aromatic heterocycles. The second-order valence-electron chi connectivity index (χ2n) is 5.66. The lowest BCUT2D eigenvalue weighted by Gasteiger charge is -2.32. The van der Waals surface area contributed by atoms with Crippen LogP contribution in [0, 0.1) is 11.7 Å². The molecule has 3 N–H and O–H groups in total. The van der Waals surface area contributed by atoms with Crippen LogP contribution in [0.2, 0.25) is 0 Å². The molecular formula is C16H23ClFN3O3. The molecule has 1 atom stereocenters. The average molecular weight is 360 g/mol. The zero-order valence-electron chi connectivity index (χ0n) is 13.5. The minimum atomic E-state index is -0.669. The van der Waals surface area contributed by atoms with Crippen molar-refractivity contribution in [3.63, 3.8) is 0 Å². The Morgan fingerprint density at radius 1 is 1.42 bits per heavy atom. The summed E-state index contributed by atoms with van der Waals surface area (Å²) in [4.78, 5) is 25.9. The molecule has 1 fully saturated rings. The zero-order chi connectivity index (χ0) is 16.8. The Morgan fingerprint density at radius 2 is 2.08 bits per heavy atom. The Labute approximate surface area is 146 Å². The Morgan fingerprint density at radius 3 is 2.67 bits per heavy atom. The summed E-state index contributed by atoms with van der Waals surface area (Å²) in [5, 5.41) is 2.71. The van der Waals surface area contributed by atoms with E-state index >= 15 is 0 Å². The number of nitrogens with one attached hydrogen (secondary N) is 1. The average Bonchev–Trinajstić information content (AvgIpc) is 2.54. The monoisotopic (exact) mass is 359 g/mol. The third-order valence-electron chi connectivity index (χ3n) is 3.93. The van der Waals surface area contributed by atoms with Gasteiger partial charge in [0.1, 0.15) is 11.9 Å². The molecule has 0 radical (unpaired) electrons. The van der Waals surface area contributed by atoms with Crippen molar-refractivity contribution in [3.8, 4) is 0 Å². The maximum Gasteiger partial charge on any atom is 0.241 e. The van der Waals surface area contributed by atoms with Gasteiger partial charge in [-0.25, -0.2) is 4.39 Å². The number of piperidine rings is 1. The minimum absolute atomic E-state index is 0. The quantitative estimate of drug-likeness (QED) is 0.832. The third-order valence-corrected chi connectivity index (χ3v) is 3.93. The standard InChI is InChI=1S/C16H22FN3O3.ClH/c1-23-10-14(18)16(22)20-7-5-11(6-8-20)15(21)19-13-4-2-3-12(17)9-13;/h2-4,9,11,14H,5-8,10,18H2,1H3,(H,19,21);1H. The van der Waals surface area contributed by atoms with Crippen molar-refractivity contribution in [1.29, 1.82) is 0 Å². The highest BCUT2D eigenvalue weighted by molar-refractivity contribution is 5.92. The zero-order valence-corrected chi connectivity index (χ0v) is 14.4. The highest BCUT2D eigenvalue weighted by Crippen LogP contribution is 2.20. The lowest BCUT2D eigenvalue weighted by Crippen LogP contribution is -2.49. The summed E-state index contributed by atoms with van der Waals surface area (Å²) in [5.41, 5.74) is 6.18. The number of hydrogen-bond donors (Lipinski definition) is 2. The number of methoxy groups -OCH3 is 1. The lowest BCUT2D eigenvalue weighted by molar-refractivity contribution is -0.136. The number of benzene rings is 1. The van der Waals surface area contributed by atoms with E-state index in [9.17, 15) is 14.0 Å². The van der Waals surface area contributed by atoms with Crippen LogP contribution < -0.4 is 11.1 Å². The molecule has 6 nitrogen and oxygen atoms in total. The van der Waals surface area contributed by atoms with Gasteiger partial charge in [-0.05, 0) is 31.0 Å². The summed E-state index contributed by atoms with van der Waals surface area (Å²) in [7, 11) is 1.50. The fourth-order valence-electron chi connectivity index (χ4n) is 2.66. The van der Waals surface area contributed by atoms with Crippen LogP contribution >= 0.6 is 12.4 Å². The van der Waals surface area contributed by atoms with E-state index in [1.807, 2.05) is 0 Å². The molecule has 0 aliphatic carbocycles. The molecule has 1 aromatic rings. The first-order chi connectivity index (χ1) is 11.0. The molecule has 1 aliphatic rings. The van der Waals surface area contributed by atoms with Crippen LogP contribution in [0.3, 0.4) is 0 Å². The smallest absolute Gasteiger partial charge is 0.241 e. The van der Waals surface area contributed by atoms with Crippen LogP contribution in [-0.4, -0.2) is 49.6 Å². The van der Waals surface area contributed by atoms with E-state index in [0.717, 1.165) is 0 Å². The van der Waals surface area contributed by atoms with Gasteiger partial charge in [0.05, 0.1) is 6.61 Å². The number of rotatable bonds is 5. The summed E-state index contributed by atoms with van der Waals surface area (Å²) in [6, 6.07) is 5.12. The van der Waals surface area contributed by atoms with Gasteiger partial charge in [-0.2, -0.15) is 0 Å². The molecule has 1 aliphatic heterocycles. The first kappa shape index (κ1) is 20.3. The number of halogens is 2. The molecule has 2 amide bonds. The molecule has 1 heterocycles. The molecule has 134 valence electrons. The molecule has 1 saturated heterocycles. The second-order valence-corrected chi connectivity index (χ2v) is 5.66. The predicted molar refractivity (Wildman–Crippen MR) is 91.4 cm³/mol. The maximum atomic E-state index is 13.1. The largest absolute Gasteiger partial charge is 0.383 e. The summed E-state index contributed by atoms with van der Waals surface area (Å²) in [5.74, 6) is -0.893. The molecule has 24 heavy (non-hydrogen) atoms. The number of likely N-dealkylation sites (tertiary alicyclic amines) is 1. The molecule has 0 saturated carbocycles. The minimum Gasteiger partial charge on any atom is -0.383 e. The molecule has 8 heteroatoms. The number of carbonyl (C=O) groups excluding carboxylic acids is 2. The number of anilines is 1. The van der Waals surface area contributed by atoms with Gasteiger partial charge in [-0.1, -0.05) is 6.07 Å². The number of carbonyl (C=O) groups is 2. The fraction of sp³-hybridized carbons (Fsp3) is 0.500. The lowest BCUT2D eigenvalue weighted by atomic mass is 9.95. The van der Waals surface area contributed by atoms with E-state index in [1.54, 1.807) is 17.0 Å². The molecule has 0 bridgehead atoms. The van der Waals surface area contributed by atoms with Crippen molar-refractivity contribution < 1.29 is 18.7 Å². The van der Waals surface area contributed by atoms with Crippen molar-refractivity contribution in [2.45, 2.75) is 18.9 Å². The van der Waals surface area contributed by atoms with Gasteiger partial charge in [-0.15, -0.1) is 12.4 Å². The Balaban J connectivity index is 0.00000288. The predicted octanol–water partition coefficient (Wildman–Crippen LogP) is 1.40. The normalized spacial score (nSPS) is 16.2. The summed E-state index contributed by atoms with van der Waals surface area (Å²) < 4.78 is 18.0. The van der Waals surface area contributed by atoms with Crippen LogP contribution in [0.25, 0.3) is 0 Å². The Hall–Kier alpha value is -1.70. The van der Waals surface area contributed by atoms with Crippen molar-refractivity contribution in [2.24, 2.45) is 11.7 Å². The summed E-state index contributed by atoms with van der Waals surface area (Å²) in [6.45, 7) is 1.15. The molecule has 2 rings (SSSR count). The first-order valence-electron chi connectivity index (χ1n) is 7.61. The second kappa shape index (κ2) is 9.56. The third kappa shape index (κ3) is 5.43. The van der Waals surface area contributed by atoms with Crippen molar-refractivity contribution in [2.75, 3.05) is 32.1 Å². The van der Waals surface area contributed by atoms with Gasteiger partial charge in [0.15, 0.2) is 0 Å². The molecular weight excluding hydrogens is 337 g/mol. The SMILES string of the molecule is COCC(N)C(=O)N1CCC(C(=O)Nc2cccc(F)c2)CC1.Cl. The van der Waals surface area contributed by atoms with E-state index in [1.165, 1.54) is 19.2 Å². The molecule has 0 spiro atoms. The fourth-order valence-corrected chi connectivity index (χ4v) is 2.66. The molecule has 1 aromatic carbocycles. The van der Waals surface area contributed by atoms with Crippen LogP contribution in [0.4, 0.5) is 10.1 Å². The highest BCUT2D eigenvalue weighted by Gasteiger charge is 2.29. The number of hydrogen-bond acceptors (Lipinski definition) is 4. The van der Waals surface area contributed by atoms with Crippen LogP contribution in [-0.2, 0) is 14.3 Å². The van der Waals surface area contributed by atoms with E-state index in [4.69, 9.17) is 10.5 Å². The maximum absolute atomic E-state index is 13.1. The Bertz CT molecular complexity index is 565. The van der Waals surface area contributed by atoms with E-state index in [2.05, 4.69) is 5.32 Å². The van der Waals surface area contributed by atoms with Crippen LogP contribution in [0.5, 0.6) is 0 Å². The van der Waals surface area contributed by atoms with Crippen molar-refractivity contribution >= 4 is 29.9 Å². The van der Waals surface area contributed by atoms with E-state index in [0.29, 0.717) is 31.6 Å². The summed E-state index contributed by atoms with van der Waals surface area (Å²) >= 11 is 0. The number of nitrogens with zero attached hydrogens (tertiary/aromatic N) is 1. The van der Waals surface area contributed by atoms with Gasteiger partial charge in [0.25, 0.3) is 0 Å². The van der Waals surface area contributed by atoms with E-state index < -0.39 is 11.9 Å². The van der Waals surface area contributed by atoms with Gasteiger partial charge in [-0.3, -0.25) is 9.59 Å². The van der Waals surface area contributed by atoms with Crippen molar-refractivity contribution in [1.82, 2.24) is 4.90 Å². The summed E-state index contributed by atoms with van der Waals surface area (Å²) in [6.07, 6.45) is 1.12. The molecule has 1 unspecified atom stereocenters. The first-order valence-corrected chi connectivity index (χ1v) is 7.61. The van der Waals surface area contributed by atoms with Gasteiger partial charge in [0, 0.05) is 31.8 Å². The van der Waals surface area contributed by atoms with Gasteiger partial charge >= 0.3 is 0 Å². The van der Waals surface area contributed by atoms with Gasteiger partial charge in [0.2, 0.25) is 11.8 Å². The van der Waals surface area contributed by atoms with Crippen LogP contribution in [0.15, 0.2) is 24.3 Å². The van der Waals surface area contributed by atoms with Gasteiger partial charge < -0.3 is 20.7 Å². The number of ether oxygens (including phenoxy) is 1.